The van der Waals surface area contributed by atoms with E-state index in [4.69, 9.17) is 14.1 Å². The molecule has 0 amide bonds. The number of benzene rings is 1. The quantitative estimate of drug-likeness (QED) is 0.522. The van der Waals surface area contributed by atoms with Crippen molar-refractivity contribution in [3.8, 4) is 0 Å². The van der Waals surface area contributed by atoms with Crippen LogP contribution in [0.25, 0.3) is 0 Å². The molecule has 1 aromatic carbocycles. The van der Waals surface area contributed by atoms with Crippen molar-refractivity contribution in [1.29, 1.82) is 0 Å². The molecule has 3 rings (SSSR count). The van der Waals surface area contributed by atoms with Gasteiger partial charge in [0.1, 0.15) is 5.76 Å². The number of hydrogen-bond acceptors (Lipinski definition) is 4. The summed E-state index contributed by atoms with van der Waals surface area (Å²) in [5, 5.41) is 6.87. The van der Waals surface area contributed by atoms with Gasteiger partial charge < -0.3 is 19.8 Å². The van der Waals surface area contributed by atoms with Crippen molar-refractivity contribution in [3.63, 3.8) is 0 Å². The van der Waals surface area contributed by atoms with Gasteiger partial charge in [0.2, 0.25) is 0 Å². The third-order valence-electron chi connectivity index (χ3n) is 4.58. The summed E-state index contributed by atoms with van der Waals surface area (Å²) in [4.78, 5) is 7.15. The van der Waals surface area contributed by atoms with Gasteiger partial charge in [-0.1, -0.05) is 30.3 Å². The van der Waals surface area contributed by atoms with Gasteiger partial charge in [-0.2, -0.15) is 0 Å². The molecule has 2 aromatic rings. The average Bonchev–Trinajstić information content (AvgIpc) is 3.23. The molecule has 1 aliphatic rings. The maximum Gasteiger partial charge on any atom is 0.191 e. The molecular weight excluding hydrogens is 340 g/mol. The molecule has 6 nitrogen and oxygen atoms in total. The Morgan fingerprint density at radius 3 is 2.48 bits per heavy atom. The van der Waals surface area contributed by atoms with Gasteiger partial charge in [0.15, 0.2) is 5.96 Å². The van der Waals surface area contributed by atoms with E-state index < -0.39 is 0 Å². The molecule has 0 radical (unpaired) electrons. The molecule has 0 atom stereocenters. The van der Waals surface area contributed by atoms with Crippen LogP contribution in [0.4, 0.5) is 0 Å². The number of nitrogens with zero attached hydrogens (tertiary/aromatic N) is 2. The minimum atomic E-state index is 0.779. The van der Waals surface area contributed by atoms with Crippen LogP contribution >= 0.6 is 0 Å². The molecule has 146 valence electrons. The summed E-state index contributed by atoms with van der Waals surface area (Å²) in [6.07, 6.45) is 3.53. The van der Waals surface area contributed by atoms with Crippen molar-refractivity contribution >= 4 is 5.96 Å². The summed E-state index contributed by atoms with van der Waals surface area (Å²) < 4.78 is 10.8. The smallest absolute Gasteiger partial charge is 0.191 e. The van der Waals surface area contributed by atoms with E-state index >= 15 is 0 Å². The van der Waals surface area contributed by atoms with Crippen molar-refractivity contribution in [2.24, 2.45) is 4.99 Å². The van der Waals surface area contributed by atoms with E-state index in [1.807, 2.05) is 18.2 Å². The molecule has 1 saturated heterocycles. The molecule has 1 aromatic heterocycles. The molecule has 0 aliphatic carbocycles. The van der Waals surface area contributed by atoms with E-state index in [0.29, 0.717) is 0 Å². The molecule has 2 N–H and O–H groups in total. The zero-order chi connectivity index (χ0) is 18.6. The predicted molar refractivity (Wildman–Crippen MR) is 108 cm³/mol. The van der Waals surface area contributed by atoms with Crippen LogP contribution in [0.1, 0.15) is 11.3 Å². The lowest BCUT2D eigenvalue weighted by Crippen LogP contribution is -2.41. The highest BCUT2D eigenvalue weighted by Crippen LogP contribution is 2.00. The lowest BCUT2D eigenvalue weighted by atomic mass is 10.1. The average molecular weight is 370 g/mol. The van der Waals surface area contributed by atoms with Crippen LogP contribution in [-0.2, 0) is 17.6 Å². The van der Waals surface area contributed by atoms with E-state index in [2.05, 4.69) is 39.8 Å². The fourth-order valence-corrected chi connectivity index (χ4v) is 3.03. The maximum absolute atomic E-state index is 5.40. The number of morpholine rings is 1. The summed E-state index contributed by atoms with van der Waals surface area (Å²) in [5.74, 6) is 1.85. The summed E-state index contributed by atoms with van der Waals surface area (Å²) in [5.41, 5.74) is 1.33. The number of furan rings is 1. The third-order valence-corrected chi connectivity index (χ3v) is 4.58. The van der Waals surface area contributed by atoms with Crippen LogP contribution in [0.15, 0.2) is 58.1 Å². The zero-order valence-corrected chi connectivity index (χ0v) is 15.9. The van der Waals surface area contributed by atoms with Gasteiger partial charge in [0.25, 0.3) is 0 Å². The lowest BCUT2D eigenvalue weighted by Gasteiger charge is -2.25. The number of guanidine groups is 1. The molecule has 6 heteroatoms. The Morgan fingerprint density at radius 2 is 1.74 bits per heavy atom. The molecule has 0 saturated carbocycles. The molecule has 0 unspecified atom stereocenters. The van der Waals surface area contributed by atoms with Crippen molar-refractivity contribution < 1.29 is 9.15 Å². The Balaban J connectivity index is 1.44. The zero-order valence-electron chi connectivity index (χ0n) is 15.9. The standard InChI is InChI=1S/C21H30N4O2/c1-2-5-19(6-3-1)8-10-22-21(23-11-9-20-7-4-16-27-20)24-12-13-25-14-17-26-18-15-25/h1-7,16H,8-15,17-18H2,(H2,22,23,24). The predicted octanol–water partition coefficient (Wildman–Crippen LogP) is 1.93. The van der Waals surface area contributed by atoms with Gasteiger partial charge in [0, 0.05) is 39.1 Å². The summed E-state index contributed by atoms with van der Waals surface area (Å²) in [6.45, 7) is 7.04. The summed E-state index contributed by atoms with van der Waals surface area (Å²) >= 11 is 0. The van der Waals surface area contributed by atoms with E-state index in [0.717, 1.165) is 77.0 Å². The second kappa shape index (κ2) is 11.4. The van der Waals surface area contributed by atoms with Crippen molar-refractivity contribution in [3.05, 3.63) is 60.1 Å². The Bertz CT molecular complexity index is 652. The monoisotopic (exact) mass is 370 g/mol. The van der Waals surface area contributed by atoms with Gasteiger partial charge in [-0.05, 0) is 24.1 Å². The Morgan fingerprint density at radius 1 is 0.963 bits per heavy atom. The Labute approximate surface area is 161 Å². The van der Waals surface area contributed by atoms with Crippen LogP contribution in [-0.4, -0.2) is 63.3 Å². The van der Waals surface area contributed by atoms with Gasteiger partial charge in [-0.3, -0.25) is 9.89 Å². The summed E-state index contributed by atoms with van der Waals surface area (Å²) in [7, 11) is 0. The fourth-order valence-electron chi connectivity index (χ4n) is 3.03. The van der Waals surface area contributed by atoms with Crippen LogP contribution in [0.5, 0.6) is 0 Å². The first kappa shape index (κ1) is 19.5. The number of hydrogen-bond donors (Lipinski definition) is 2. The van der Waals surface area contributed by atoms with Gasteiger partial charge in [-0.15, -0.1) is 0 Å². The van der Waals surface area contributed by atoms with Gasteiger partial charge >= 0.3 is 0 Å². The molecule has 1 aliphatic heterocycles. The van der Waals surface area contributed by atoms with Crippen LogP contribution in [0, 0.1) is 0 Å². The molecule has 1 fully saturated rings. The van der Waals surface area contributed by atoms with Crippen molar-refractivity contribution in [1.82, 2.24) is 15.5 Å². The van der Waals surface area contributed by atoms with E-state index in [9.17, 15) is 0 Å². The first-order chi connectivity index (χ1) is 13.4. The molecule has 27 heavy (non-hydrogen) atoms. The highest BCUT2D eigenvalue weighted by Gasteiger charge is 2.09. The highest BCUT2D eigenvalue weighted by molar-refractivity contribution is 5.79. The number of nitrogens with one attached hydrogen (secondary N) is 2. The van der Waals surface area contributed by atoms with Gasteiger partial charge in [-0.25, -0.2) is 0 Å². The number of aliphatic imine (C=N–C) groups is 1. The number of ether oxygens (including phenoxy) is 1. The van der Waals surface area contributed by atoms with E-state index in [1.54, 1.807) is 6.26 Å². The minimum absolute atomic E-state index is 0.779. The molecule has 2 heterocycles. The second-order valence-electron chi connectivity index (χ2n) is 6.60. The normalized spacial score (nSPS) is 15.6. The fraction of sp³-hybridized carbons (Fsp3) is 0.476. The second-order valence-corrected chi connectivity index (χ2v) is 6.60. The SMILES string of the molecule is c1ccc(CCNC(=NCCN2CCOCC2)NCCc2ccco2)cc1. The molecular formula is C21H30N4O2. The third kappa shape index (κ3) is 7.45. The van der Waals surface area contributed by atoms with Crippen molar-refractivity contribution in [2.45, 2.75) is 12.8 Å². The highest BCUT2D eigenvalue weighted by atomic mass is 16.5. The van der Waals surface area contributed by atoms with E-state index in [-0.39, 0.29) is 0 Å². The minimum Gasteiger partial charge on any atom is -0.469 e. The Hall–Kier alpha value is -2.31. The van der Waals surface area contributed by atoms with E-state index in [1.165, 1.54) is 5.56 Å². The maximum atomic E-state index is 5.40. The van der Waals surface area contributed by atoms with Crippen LogP contribution < -0.4 is 10.6 Å². The summed E-state index contributed by atoms with van der Waals surface area (Å²) in [6, 6.07) is 14.4. The largest absolute Gasteiger partial charge is 0.469 e. The number of rotatable bonds is 9. The van der Waals surface area contributed by atoms with Crippen LogP contribution in [0.2, 0.25) is 0 Å². The van der Waals surface area contributed by atoms with Crippen LogP contribution in [0.3, 0.4) is 0 Å². The first-order valence-electron chi connectivity index (χ1n) is 9.79. The molecule has 0 bridgehead atoms. The van der Waals surface area contributed by atoms with Crippen molar-refractivity contribution in [2.75, 3.05) is 52.5 Å². The Kier molecular flexibility index (Phi) is 8.22. The van der Waals surface area contributed by atoms with Gasteiger partial charge in [0.05, 0.1) is 26.0 Å². The lowest BCUT2D eigenvalue weighted by molar-refractivity contribution is 0.0394. The first-order valence-corrected chi connectivity index (χ1v) is 9.79. The molecule has 0 spiro atoms. The topological polar surface area (TPSA) is 62.0 Å².